The molecule has 4 heteroatoms. The maximum Gasteiger partial charge on any atom is 0.304 e. The molecule has 4 nitrogen and oxygen atoms in total. The van der Waals surface area contributed by atoms with E-state index in [0.29, 0.717) is 5.92 Å². The zero-order valence-corrected chi connectivity index (χ0v) is 8.07. The Bertz CT molecular complexity index is 184. The van der Waals surface area contributed by atoms with E-state index in [-0.39, 0.29) is 12.5 Å². The third-order valence-electron chi connectivity index (χ3n) is 2.56. The summed E-state index contributed by atoms with van der Waals surface area (Å²) in [4.78, 5) is 12.6. The number of carboxylic acid groups (broad SMARTS) is 1. The predicted octanol–water partition coefficient (Wildman–Crippen LogP) is 0.130. The minimum absolute atomic E-state index is 0.0974. The van der Waals surface area contributed by atoms with Gasteiger partial charge in [0.05, 0.1) is 6.42 Å². The maximum absolute atomic E-state index is 10.4. The number of hydrogen-bond acceptors (Lipinski definition) is 3. The molecule has 0 aromatic carbocycles. The summed E-state index contributed by atoms with van der Waals surface area (Å²) in [6.45, 7) is 2.18. The van der Waals surface area contributed by atoms with Crippen LogP contribution in [0.1, 0.15) is 19.3 Å². The molecule has 0 bridgehead atoms. The third-order valence-corrected chi connectivity index (χ3v) is 2.56. The van der Waals surface area contributed by atoms with Crippen molar-refractivity contribution in [3.05, 3.63) is 0 Å². The summed E-state index contributed by atoms with van der Waals surface area (Å²) in [7, 11) is 2.09. The molecule has 1 rings (SSSR count). The number of nitrogens with two attached hydrogens (primary N) is 1. The first-order valence-corrected chi connectivity index (χ1v) is 4.74. The van der Waals surface area contributed by atoms with Crippen LogP contribution in [-0.4, -0.2) is 42.2 Å². The summed E-state index contributed by atoms with van der Waals surface area (Å²) >= 11 is 0. The van der Waals surface area contributed by atoms with Gasteiger partial charge in [-0.15, -0.1) is 0 Å². The average molecular weight is 186 g/mol. The lowest BCUT2D eigenvalue weighted by molar-refractivity contribution is -0.137. The zero-order chi connectivity index (χ0) is 9.84. The summed E-state index contributed by atoms with van der Waals surface area (Å²) in [5.41, 5.74) is 5.70. The van der Waals surface area contributed by atoms with Crippen molar-refractivity contribution in [2.24, 2.45) is 11.7 Å². The van der Waals surface area contributed by atoms with Crippen molar-refractivity contribution in [3.8, 4) is 0 Å². The normalized spacial score (nSPS) is 26.2. The van der Waals surface area contributed by atoms with Crippen LogP contribution in [-0.2, 0) is 4.79 Å². The second kappa shape index (κ2) is 4.58. The predicted molar refractivity (Wildman–Crippen MR) is 50.4 cm³/mol. The lowest BCUT2D eigenvalue weighted by Crippen LogP contribution is -2.27. The lowest BCUT2D eigenvalue weighted by Gasteiger charge is -2.14. The summed E-state index contributed by atoms with van der Waals surface area (Å²) in [5, 5.41) is 8.52. The van der Waals surface area contributed by atoms with E-state index in [1.165, 1.54) is 0 Å². The van der Waals surface area contributed by atoms with Crippen LogP contribution in [0.25, 0.3) is 0 Å². The molecule has 1 fully saturated rings. The van der Waals surface area contributed by atoms with E-state index >= 15 is 0 Å². The fourth-order valence-corrected chi connectivity index (χ4v) is 1.95. The first-order chi connectivity index (χ1) is 6.08. The van der Waals surface area contributed by atoms with Gasteiger partial charge in [-0.05, 0) is 32.4 Å². The Morgan fingerprint density at radius 1 is 1.77 bits per heavy atom. The second-order valence-corrected chi connectivity index (χ2v) is 4.01. The summed E-state index contributed by atoms with van der Waals surface area (Å²) in [5.74, 6) is -0.196. The van der Waals surface area contributed by atoms with Crippen molar-refractivity contribution in [2.75, 3.05) is 20.1 Å². The first kappa shape index (κ1) is 10.5. The molecular formula is C9H18N2O2. The SMILES string of the molecule is CN1CCC(CC(N)CC(=O)O)C1. The van der Waals surface area contributed by atoms with Crippen LogP contribution in [0.2, 0.25) is 0 Å². The standard InChI is InChI=1S/C9H18N2O2/c1-11-3-2-7(6-11)4-8(10)5-9(12)13/h7-8H,2-6,10H2,1H3,(H,12,13). The van der Waals surface area contributed by atoms with Crippen LogP contribution < -0.4 is 5.73 Å². The molecular weight excluding hydrogens is 168 g/mol. The van der Waals surface area contributed by atoms with Crippen molar-refractivity contribution in [1.82, 2.24) is 4.90 Å². The quantitative estimate of drug-likeness (QED) is 0.655. The molecule has 0 radical (unpaired) electrons. The van der Waals surface area contributed by atoms with Gasteiger partial charge in [0.2, 0.25) is 0 Å². The van der Waals surface area contributed by atoms with Crippen molar-refractivity contribution in [3.63, 3.8) is 0 Å². The van der Waals surface area contributed by atoms with Crippen LogP contribution in [0.4, 0.5) is 0 Å². The maximum atomic E-state index is 10.4. The van der Waals surface area contributed by atoms with E-state index in [0.717, 1.165) is 25.9 Å². The third kappa shape index (κ3) is 3.74. The number of hydrogen-bond donors (Lipinski definition) is 2. The van der Waals surface area contributed by atoms with E-state index in [2.05, 4.69) is 11.9 Å². The van der Waals surface area contributed by atoms with Crippen molar-refractivity contribution in [2.45, 2.75) is 25.3 Å². The fourth-order valence-electron chi connectivity index (χ4n) is 1.95. The van der Waals surface area contributed by atoms with Gasteiger partial charge in [0.1, 0.15) is 0 Å². The van der Waals surface area contributed by atoms with Crippen LogP contribution in [0.3, 0.4) is 0 Å². The van der Waals surface area contributed by atoms with Gasteiger partial charge in [-0.25, -0.2) is 0 Å². The topological polar surface area (TPSA) is 66.6 Å². The summed E-state index contributed by atoms with van der Waals surface area (Å²) < 4.78 is 0. The highest BCUT2D eigenvalue weighted by molar-refractivity contribution is 5.67. The monoisotopic (exact) mass is 186 g/mol. The number of nitrogens with zero attached hydrogens (tertiary/aromatic N) is 1. The zero-order valence-electron chi connectivity index (χ0n) is 8.07. The number of likely N-dealkylation sites (tertiary alicyclic amines) is 1. The Labute approximate surface area is 78.7 Å². The Kier molecular flexibility index (Phi) is 3.69. The smallest absolute Gasteiger partial charge is 0.304 e. The fraction of sp³-hybridized carbons (Fsp3) is 0.889. The van der Waals surface area contributed by atoms with E-state index in [9.17, 15) is 4.79 Å². The van der Waals surface area contributed by atoms with Gasteiger partial charge in [-0.1, -0.05) is 0 Å². The molecule has 0 aromatic heterocycles. The molecule has 13 heavy (non-hydrogen) atoms. The van der Waals surface area contributed by atoms with E-state index in [1.54, 1.807) is 0 Å². The molecule has 0 saturated carbocycles. The van der Waals surface area contributed by atoms with Gasteiger partial charge >= 0.3 is 5.97 Å². The first-order valence-electron chi connectivity index (χ1n) is 4.74. The largest absolute Gasteiger partial charge is 0.481 e. The molecule has 3 N–H and O–H groups in total. The number of aliphatic carboxylic acids is 1. The summed E-state index contributed by atoms with van der Waals surface area (Å²) in [6.07, 6.45) is 2.10. The molecule has 0 amide bonds. The molecule has 1 saturated heterocycles. The van der Waals surface area contributed by atoms with Gasteiger partial charge < -0.3 is 15.7 Å². The van der Waals surface area contributed by atoms with Crippen molar-refractivity contribution in [1.29, 1.82) is 0 Å². The second-order valence-electron chi connectivity index (χ2n) is 4.01. The molecule has 2 atom stereocenters. The lowest BCUT2D eigenvalue weighted by atomic mass is 9.98. The van der Waals surface area contributed by atoms with Crippen molar-refractivity contribution < 1.29 is 9.90 Å². The molecule has 1 aliphatic heterocycles. The Morgan fingerprint density at radius 3 is 2.92 bits per heavy atom. The highest BCUT2D eigenvalue weighted by atomic mass is 16.4. The number of rotatable bonds is 4. The molecule has 0 spiro atoms. The molecule has 2 unspecified atom stereocenters. The number of carbonyl (C=O) groups is 1. The Morgan fingerprint density at radius 2 is 2.46 bits per heavy atom. The Hall–Kier alpha value is -0.610. The summed E-state index contributed by atoms with van der Waals surface area (Å²) in [6, 6.07) is -0.172. The minimum Gasteiger partial charge on any atom is -0.481 e. The van der Waals surface area contributed by atoms with E-state index in [1.807, 2.05) is 0 Å². The van der Waals surface area contributed by atoms with Crippen molar-refractivity contribution >= 4 is 5.97 Å². The van der Waals surface area contributed by atoms with Crippen LogP contribution in [0.5, 0.6) is 0 Å². The highest BCUT2D eigenvalue weighted by Crippen LogP contribution is 2.19. The van der Waals surface area contributed by atoms with Gasteiger partial charge in [-0.2, -0.15) is 0 Å². The molecule has 0 aromatic rings. The van der Waals surface area contributed by atoms with Gasteiger partial charge in [0, 0.05) is 12.6 Å². The van der Waals surface area contributed by atoms with Gasteiger partial charge in [0.15, 0.2) is 0 Å². The Balaban J connectivity index is 2.20. The highest BCUT2D eigenvalue weighted by Gasteiger charge is 2.22. The van der Waals surface area contributed by atoms with Crippen LogP contribution in [0, 0.1) is 5.92 Å². The van der Waals surface area contributed by atoms with Gasteiger partial charge in [0.25, 0.3) is 0 Å². The van der Waals surface area contributed by atoms with Crippen LogP contribution >= 0.6 is 0 Å². The molecule has 0 aliphatic carbocycles. The number of carboxylic acids is 1. The van der Waals surface area contributed by atoms with E-state index in [4.69, 9.17) is 10.8 Å². The van der Waals surface area contributed by atoms with Crippen LogP contribution in [0.15, 0.2) is 0 Å². The average Bonchev–Trinajstić information content (AvgIpc) is 2.33. The molecule has 76 valence electrons. The van der Waals surface area contributed by atoms with E-state index < -0.39 is 5.97 Å². The minimum atomic E-state index is -0.793. The molecule has 1 heterocycles. The molecule has 1 aliphatic rings. The van der Waals surface area contributed by atoms with Gasteiger partial charge in [-0.3, -0.25) is 4.79 Å².